The molecule has 1 atom stereocenters. The molecule has 3 rings (SSSR count). The van der Waals surface area contributed by atoms with E-state index in [1.807, 2.05) is 53.4 Å². The Balaban J connectivity index is 1.49. The minimum atomic E-state index is -0.746. The number of para-hydroxylation sites is 1. The molecule has 1 saturated heterocycles. The van der Waals surface area contributed by atoms with Crippen LogP contribution in [-0.4, -0.2) is 47.6 Å². The summed E-state index contributed by atoms with van der Waals surface area (Å²) in [5.74, 6) is -0.633. The molecule has 0 spiro atoms. The molecule has 6 nitrogen and oxygen atoms in total. The van der Waals surface area contributed by atoms with Crippen LogP contribution in [0.4, 0.5) is 5.69 Å². The molecule has 1 unspecified atom stereocenters. The number of aliphatic carboxylic acids is 1. The molecule has 3 N–H and O–H groups in total. The lowest BCUT2D eigenvalue weighted by atomic mass is 10.0. The number of carbonyl (C=O) groups is 1. The van der Waals surface area contributed by atoms with Crippen molar-refractivity contribution in [3.63, 3.8) is 0 Å². The molecule has 0 saturated carbocycles. The Kier molecular flexibility index (Phi) is 8.11. The fourth-order valence-corrected chi connectivity index (χ4v) is 3.82. The second-order valence-corrected chi connectivity index (χ2v) is 7.88. The van der Waals surface area contributed by atoms with Gasteiger partial charge >= 0.3 is 5.97 Å². The van der Waals surface area contributed by atoms with Crippen molar-refractivity contribution in [2.45, 2.75) is 38.3 Å². The monoisotopic (exact) mass is 429 g/mol. The van der Waals surface area contributed by atoms with Crippen LogP contribution >= 0.6 is 11.6 Å². The molecule has 1 aliphatic rings. The molecule has 1 fully saturated rings. The first kappa shape index (κ1) is 22.1. The summed E-state index contributed by atoms with van der Waals surface area (Å²) in [5, 5.41) is 21.7. The highest BCUT2D eigenvalue weighted by Gasteiger charge is 2.27. The molecule has 1 heterocycles. The molecule has 0 radical (unpaired) electrons. The van der Waals surface area contributed by atoms with Crippen molar-refractivity contribution in [3.05, 3.63) is 64.7 Å². The number of ether oxygens (including phenoxy) is 1. The Morgan fingerprint density at radius 1 is 1.20 bits per heavy atom. The third-order valence-electron chi connectivity index (χ3n) is 5.30. The van der Waals surface area contributed by atoms with Gasteiger partial charge in [-0.25, -0.2) is 0 Å². The van der Waals surface area contributed by atoms with Gasteiger partial charge in [-0.05, 0) is 55.6 Å². The van der Waals surface area contributed by atoms with Crippen molar-refractivity contribution >= 4 is 29.2 Å². The van der Waals surface area contributed by atoms with E-state index in [1.54, 1.807) is 0 Å². The third-order valence-corrected chi connectivity index (χ3v) is 5.55. The van der Waals surface area contributed by atoms with Gasteiger partial charge < -0.3 is 15.2 Å². The van der Waals surface area contributed by atoms with Crippen LogP contribution in [0.2, 0.25) is 5.02 Å². The second kappa shape index (κ2) is 11.0. The molecule has 160 valence electrons. The number of halogens is 1. The van der Waals surface area contributed by atoms with Crippen LogP contribution in [0.3, 0.4) is 0 Å². The number of benzene rings is 2. The molecular formula is C23H28ClN3O3. The van der Waals surface area contributed by atoms with Crippen LogP contribution in [0, 0.1) is 5.41 Å². The van der Waals surface area contributed by atoms with E-state index in [-0.39, 0.29) is 5.90 Å². The average Bonchev–Trinajstić information content (AvgIpc) is 2.76. The summed E-state index contributed by atoms with van der Waals surface area (Å²) >= 11 is 5.93. The van der Waals surface area contributed by atoms with E-state index in [2.05, 4.69) is 5.32 Å². The number of piperidine rings is 1. The molecule has 2 aromatic carbocycles. The van der Waals surface area contributed by atoms with E-state index in [0.29, 0.717) is 43.1 Å². The zero-order chi connectivity index (χ0) is 21.3. The zero-order valence-corrected chi connectivity index (χ0v) is 17.7. The van der Waals surface area contributed by atoms with Crippen LogP contribution in [0.15, 0.2) is 48.5 Å². The van der Waals surface area contributed by atoms with Crippen molar-refractivity contribution in [1.82, 2.24) is 4.90 Å². The van der Waals surface area contributed by atoms with Crippen LogP contribution in [0.25, 0.3) is 0 Å². The van der Waals surface area contributed by atoms with E-state index >= 15 is 0 Å². The number of carboxylic acid groups (broad SMARTS) is 1. The average molecular weight is 430 g/mol. The van der Waals surface area contributed by atoms with Crippen LogP contribution in [0.5, 0.6) is 0 Å². The highest BCUT2D eigenvalue weighted by molar-refractivity contribution is 6.30. The van der Waals surface area contributed by atoms with Crippen LogP contribution in [0.1, 0.15) is 36.8 Å². The fourth-order valence-electron chi connectivity index (χ4n) is 3.69. The predicted molar refractivity (Wildman–Crippen MR) is 119 cm³/mol. The highest BCUT2D eigenvalue weighted by Crippen LogP contribution is 2.19. The number of hydrogen-bond donors (Lipinski definition) is 3. The summed E-state index contributed by atoms with van der Waals surface area (Å²) in [4.78, 5) is 13.4. The maximum Gasteiger partial charge on any atom is 0.320 e. The van der Waals surface area contributed by atoms with Crippen LogP contribution in [-0.2, 0) is 16.1 Å². The molecule has 7 heteroatoms. The Labute approximate surface area is 182 Å². The first-order chi connectivity index (χ1) is 14.5. The summed E-state index contributed by atoms with van der Waals surface area (Å²) in [6.07, 6.45) is 3.40. The van der Waals surface area contributed by atoms with E-state index in [9.17, 15) is 9.90 Å². The van der Waals surface area contributed by atoms with Crippen molar-refractivity contribution in [2.24, 2.45) is 0 Å². The molecule has 0 amide bonds. The number of anilines is 1. The quantitative estimate of drug-likeness (QED) is 0.307. The van der Waals surface area contributed by atoms with Crippen molar-refractivity contribution in [3.8, 4) is 0 Å². The van der Waals surface area contributed by atoms with Gasteiger partial charge in [0.15, 0.2) is 0 Å². The maximum atomic E-state index is 11.4. The van der Waals surface area contributed by atoms with Crippen molar-refractivity contribution in [2.75, 3.05) is 25.0 Å². The maximum absolute atomic E-state index is 11.4. The van der Waals surface area contributed by atoms with Gasteiger partial charge in [-0.2, -0.15) is 0 Å². The molecule has 2 aromatic rings. The lowest BCUT2D eigenvalue weighted by Crippen LogP contribution is -2.45. The summed E-state index contributed by atoms with van der Waals surface area (Å²) in [7, 11) is 0. The van der Waals surface area contributed by atoms with Crippen molar-refractivity contribution in [1.29, 1.82) is 5.41 Å². The number of rotatable bonds is 9. The van der Waals surface area contributed by atoms with Gasteiger partial charge in [-0.3, -0.25) is 15.1 Å². The number of hydrogen-bond acceptors (Lipinski definition) is 5. The zero-order valence-electron chi connectivity index (χ0n) is 16.9. The number of carboxylic acids is 1. The first-order valence-electron chi connectivity index (χ1n) is 10.3. The van der Waals surface area contributed by atoms with Gasteiger partial charge in [0.2, 0.25) is 5.90 Å². The van der Waals surface area contributed by atoms with Gasteiger partial charge in [0, 0.05) is 23.8 Å². The number of nitrogens with one attached hydrogen (secondary N) is 2. The summed E-state index contributed by atoms with van der Waals surface area (Å²) in [5.41, 5.74) is 2.63. The Hall–Kier alpha value is -2.57. The third kappa shape index (κ3) is 6.21. The van der Waals surface area contributed by atoms with Crippen LogP contribution < -0.4 is 5.32 Å². The molecule has 30 heavy (non-hydrogen) atoms. The van der Waals surface area contributed by atoms with Crippen molar-refractivity contribution < 1.29 is 14.6 Å². The normalized spacial score (nSPS) is 16.8. The molecule has 0 bridgehead atoms. The largest absolute Gasteiger partial charge is 0.480 e. The SMILES string of the molecule is N=C(OCCCN1CCCCC1C(=O)O)c1ccccc1NCc1ccc(Cl)cc1. The van der Waals surface area contributed by atoms with Gasteiger partial charge in [-0.1, -0.05) is 42.3 Å². The van der Waals surface area contributed by atoms with E-state index in [1.165, 1.54) is 0 Å². The summed E-state index contributed by atoms with van der Waals surface area (Å²) < 4.78 is 5.68. The molecular weight excluding hydrogens is 402 g/mol. The Morgan fingerprint density at radius 2 is 1.97 bits per heavy atom. The smallest absolute Gasteiger partial charge is 0.320 e. The first-order valence-corrected chi connectivity index (χ1v) is 10.7. The van der Waals surface area contributed by atoms with Gasteiger partial charge in [0.1, 0.15) is 6.04 Å². The minimum absolute atomic E-state index is 0.114. The predicted octanol–water partition coefficient (Wildman–Crippen LogP) is 4.62. The molecule has 0 aliphatic carbocycles. The minimum Gasteiger partial charge on any atom is -0.480 e. The van der Waals surface area contributed by atoms with Gasteiger partial charge in [0.05, 0.1) is 12.2 Å². The van der Waals surface area contributed by atoms with Gasteiger partial charge in [-0.15, -0.1) is 0 Å². The summed E-state index contributed by atoms with van der Waals surface area (Å²) in [6.45, 7) is 2.48. The Morgan fingerprint density at radius 3 is 2.73 bits per heavy atom. The van der Waals surface area contributed by atoms with E-state index < -0.39 is 12.0 Å². The van der Waals surface area contributed by atoms with Gasteiger partial charge in [0.25, 0.3) is 0 Å². The van der Waals surface area contributed by atoms with E-state index in [0.717, 1.165) is 30.6 Å². The lowest BCUT2D eigenvalue weighted by Gasteiger charge is -2.32. The summed E-state index contributed by atoms with van der Waals surface area (Å²) in [6, 6.07) is 14.8. The van der Waals surface area contributed by atoms with E-state index in [4.69, 9.17) is 21.7 Å². The Bertz CT molecular complexity index is 857. The lowest BCUT2D eigenvalue weighted by molar-refractivity contribution is -0.144. The highest BCUT2D eigenvalue weighted by atomic mass is 35.5. The standard InChI is InChI=1S/C23H28ClN3O3/c24-18-11-9-17(10-12-18)16-26-20-7-2-1-6-19(20)22(25)30-15-5-14-27-13-4-3-8-21(27)23(28)29/h1-2,6-7,9-12,21,25-26H,3-5,8,13-16H2,(H,28,29). The molecule has 1 aliphatic heterocycles. The second-order valence-electron chi connectivity index (χ2n) is 7.44. The fraction of sp³-hybridized carbons (Fsp3) is 0.391. The molecule has 0 aromatic heterocycles. The number of likely N-dealkylation sites (tertiary alicyclic amines) is 1. The topological polar surface area (TPSA) is 85.7 Å². The number of nitrogens with zero attached hydrogens (tertiary/aromatic N) is 1.